The van der Waals surface area contributed by atoms with Crippen molar-refractivity contribution < 1.29 is 22.3 Å². The molecule has 0 bridgehead atoms. The third kappa shape index (κ3) is 4.45. The first kappa shape index (κ1) is 14.7. The van der Waals surface area contributed by atoms with Crippen LogP contribution in [0.15, 0.2) is 34.5 Å². The third-order valence-corrected chi connectivity index (χ3v) is 1.79. The summed E-state index contributed by atoms with van der Waals surface area (Å²) in [6.07, 6.45) is -7.55. The molecule has 0 aromatic heterocycles. The number of nitrogens with two attached hydrogens (primary N) is 2. The first-order valence-electron chi connectivity index (χ1n) is 4.89. The van der Waals surface area contributed by atoms with E-state index in [4.69, 9.17) is 11.5 Å². The van der Waals surface area contributed by atoms with Crippen LogP contribution in [0.3, 0.4) is 0 Å². The summed E-state index contributed by atoms with van der Waals surface area (Å²) in [4.78, 5) is 0. The van der Waals surface area contributed by atoms with Gasteiger partial charge in [-0.15, -0.1) is 5.10 Å². The van der Waals surface area contributed by atoms with Gasteiger partial charge in [0, 0.05) is 5.56 Å². The molecule has 0 saturated heterocycles. The summed E-state index contributed by atoms with van der Waals surface area (Å²) in [6.45, 7) is 0. The molecule has 0 saturated carbocycles. The van der Waals surface area contributed by atoms with Crippen molar-refractivity contribution in [1.82, 2.24) is 0 Å². The van der Waals surface area contributed by atoms with Crippen molar-refractivity contribution in [2.45, 2.75) is 12.5 Å². The Kier molecular flexibility index (Phi) is 4.67. The van der Waals surface area contributed by atoms with E-state index in [0.717, 1.165) is 12.3 Å². The Balaban J connectivity index is 2.97. The van der Waals surface area contributed by atoms with Crippen molar-refractivity contribution in [2.24, 2.45) is 21.7 Å². The topological polar surface area (TPSA) is 86.0 Å². The van der Waals surface area contributed by atoms with Crippen LogP contribution in [0.4, 0.5) is 17.6 Å². The Hall–Kier alpha value is -2.32. The van der Waals surface area contributed by atoms with E-state index in [-0.39, 0.29) is 11.5 Å². The Morgan fingerprint density at radius 2 is 1.89 bits per heavy atom. The molecule has 0 aliphatic rings. The van der Waals surface area contributed by atoms with Crippen LogP contribution >= 0.6 is 0 Å². The molecule has 0 amide bonds. The highest BCUT2D eigenvalue weighted by molar-refractivity contribution is 5.84. The van der Waals surface area contributed by atoms with Crippen LogP contribution in [-0.2, 0) is 0 Å². The second-order valence-corrected chi connectivity index (χ2v) is 3.27. The zero-order valence-electron chi connectivity index (χ0n) is 9.43. The van der Waals surface area contributed by atoms with Crippen LogP contribution in [0.5, 0.6) is 5.75 Å². The van der Waals surface area contributed by atoms with E-state index in [0.29, 0.717) is 0 Å². The lowest BCUT2D eigenvalue weighted by Crippen LogP contribution is -2.33. The summed E-state index contributed by atoms with van der Waals surface area (Å²) >= 11 is 0. The summed E-state index contributed by atoms with van der Waals surface area (Å²) in [5, 5.41) is 6.62. The lowest BCUT2D eigenvalue weighted by atomic mass is 10.2. The molecule has 0 atom stereocenters. The molecular weight excluding hydrogens is 268 g/mol. The number of benzene rings is 1. The zero-order valence-corrected chi connectivity index (χ0v) is 9.43. The van der Waals surface area contributed by atoms with Crippen LogP contribution in [0, 0.1) is 0 Å². The van der Waals surface area contributed by atoms with Crippen molar-refractivity contribution in [2.75, 3.05) is 0 Å². The van der Waals surface area contributed by atoms with Crippen molar-refractivity contribution >= 4 is 12.2 Å². The second-order valence-electron chi connectivity index (χ2n) is 3.27. The highest BCUT2D eigenvalue weighted by Crippen LogP contribution is 2.29. The molecule has 1 aromatic rings. The first-order valence-corrected chi connectivity index (χ1v) is 4.89. The van der Waals surface area contributed by atoms with Gasteiger partial charge in [-0.2, -0.15) is 22.7 Å². The molecule has 104 valence electrons. The molecule has 19 heavy (non-hydrogen) atoms. The maximum absolute atomic E-state index is 12.8. The molecular formula is C10H10F4N4O. The van der Waals surface area contributed by atoms with Gasteiger partial charge in [0.2, 0.25) is 5.96 Å². The number of halogens is 4. The van der Waals surface area contributed by atoms with Crippen LogP contribution in [0.1, 0.15) is 5.56 Å². The molecule has 0 aliphatic carbocycles. The third-order valence-electron chi connectivity index (χ3n) is 1.79. The van der Waals surface area contributed by atoms with Gasteiger partial charge in [0.15, 0.2) is 0 Å². The fourth-order valence-corrected chi connectivity index (χ4v) is 1.03. The molecule has 4 N–H and O–H groups in total. The lowest BCUT2D eigenvalue weighted by molar-refractivity contribution is -0.253. The number of guanidine groups is 1. The largest absolute Gasteiger partial charge is 0.461 e. The Morgan fingerprint density at radius 1 is 1.26 bits per heavy atom. The van der Waals surface area contributed by atoms with Crippen molar-refractivity contribution in [3.05, 3.63) is 29.8 Å². The van der Waals surface area contributed by atoms with Gasteiger partial charge in [-0.05, 0) is 12.1 Å². The molecule has 0 aliphatic heterocycles. The van der Waals surface area contributed by atoms with Crippen LogP contribution < -0.4 is 16.2 Å². The van der Waals surface area contributed by atoms with Gasteiger partial charge in [0.1, 0.15) is 5.75 Å². The van der Waals surface area contributed by atoms with E-state index in [9.17, 15) is 17.6 Å². The minimum absolute atomic E-state index is 0.0211. The van der Waals surface area contributed by atoms with Crippen LogP contribution in [0.25, 0.3) is 0 Å². The van der Waals surface area contributed by atoms with Crippen LogP contribution in [0.2, 0.25) is 0 Å². The molecule has 0 unspecified atom stereocenters. The minimum Gasteiger partial charge on any atom is -0.428 e. The van der Waals surface area contributed by atoms with E-state index < -0.39 is 18.3 Å². The Bertz CT molecular complexity index is 486. The molecule has 9 heteroatoms. The molecule has 0 spiro atoms. The monoisotopic (exact) mass is 278 g/mol. The Morgan fingerprint density at radius 3 is 2.47 bits per heavy atom. The van der Waals surface area contributed by atoms with Gasteiger partial charge in [-0.25, -0.2) is 0 Å². The van der Waals surface area contributed by atoms with E-state index in [1.54, 1.807) is 0 Å². The predicted molar refractivity (Wildman–Crippen MR) is 61.4 cm³/mol. The fourth-order valence-electron chi connectivity index (χ4n) is 1.03. The molecule has 0 fully saturated rings. The quantitative estimate of drug-likeness (QED) is 0.370. The second kappa shape index (κ2) is 6.03. The number of para-hydroxylation sites is 1. The molecule has 1 rings (SSSR count). The van der Waals surface area contributed by atoms with Gasteiger partial charge >= 0.3 is 12.5 Å². The standard InChI is InChI=1S/C10H10F4N4O/c11-8(12)10(13,14)19-7-4-2-1-3-6(7)5-17-18-9(15)16/h1-5,8H,(H4,15,16,18). The highest BCUT2D eigenvalue weighted by atomic mass is 19.3. The minimum atomic E-state index is -4.60. The zero-order chi connectivity index (χ0) is 14.5. The van der Waals surface area contributed by atoms with Gasteiger partial charge in [0.05, 0.1) is 6.21 Å². The van der Waals surface area contributed by atoms with Gasteiger partial charge < -0.3 is 16.2 Å². The average Bonchev–Trinajstić information content (AvgIpc) is 2.30. The molecule has 0 radical (unpaired) electrons. The Labute approximate surface area is 105 Å². The summed E-state index contributed by atoms with van der Waals surface area (Å²) in [5.41, 5.74) is 10.0. The number of alkyl halides is 4. The first-order chi connectivity index (χ1) is 8.83. The van der Waals surface area contributed by atoms with Gasteiger partial charge in [-0.1, -0.05) is 12.1 Å². The van der Waals surface area contributed by atoms with Crippen molar-refractivity contribution in [3.63, 3.8) is 0 Å². The average molecular weight is 278 g/mol. The maximum atomic E-state index is 12.8. The summed E-state index contributed by atoms with van der Waals surface area (Å²) in [5.74, 6) is -0.810. The highest BCUT2D eigenvalue weighted by Gasteiger charge is 2.44. The summed E-state index contributed by atoms with van der Waals surface area (Å²) < 4.78 is 53.6. The smallest absolute Gasteiger partial charge is 0.428 e. The molecule has 1 aromatic carbocycles. The molecule has 5 nitrogen and oxygen atoms in total. The van der Waals surface area contributed by atoms with E-state index in [1.165, 1.54) is 18.2 Å². The predicted octanol–water partition coefficient (Wildman–Crippen LogP) is 1.53. The maximum Gasteiger partial charge on any atom is 0.461 e. The number of rotatable bonds is 5. The molecule has 0 heterocycles. The summed E-state index contributed by atoms with van der Waals surface area (Å²) in [6, 6.07) is 5.23. The van der Waals surface area contributed by atoms with E-state index in [2.05, 4.69) is 14.9 Å². The van der Waals surface area contributed by atoms with E-state index in [1.807, 2.05) is 0 Å². The normalized spacial score (nSPS) is 11.8. The van der Waals surface area contributed by atoms with Gasteiger partial charge in [-0.3, -0.25) is 0 Å². The van der Waals surface area contributed by atoms with E-state index >= 15 is 0 Å². The van der Waals surface area contributed by atoms with Crippen LogP contribution in [-0.4, -0.2) is 24.7 Å². The van der Waals surface area contributed by atoms with Crippen molar-refractivity contribution in [1.29, 1.82) is 0 Å². The number of hydrogen-bond acceptors (Lipinski definition) is 3. The number of ether oxygens (including phenoxy) is 1. The lowest BCUT2D eigenvalue weighted by Gasteiger charge is -2.17. The summed E-state index contributed by atoms with van der Waals surface area (Å²) in [7, 11) is 0. The SMILES string of the molecule is NC(N)=NN=Cc1ccccc1OC(F)(F)C(F)F. The number of hydrogen-bond donors (Lipinski definition) is 2. The van der Waals surface area contributed by atoms with Gasteiger partial charge in [0.25, 0.3) is 0 Å². The number of nitrogens with zero attached hydrogens (tertiary/aromatic N) is 2. The van der Waals surface area contributed by atoms with Crippen molar-refractivity contribution in [3.8, 4) is 5.75 Å². The fraction of sp³-hybridized carbons (Fsp3) is 0.200.